The summed E-state index contributed by atoms with van der Waals surface area (Å²) in [5.41, 5.74) is 2.61. The zero-order chi connectivity index (χ0) is 13.7. The maximum absolute atomic E-state index is 8.96. The summed E-state index contributed by atoms with van der Waals surface area (Å²) in [5, 5.41) is 8.96. The first-order valence-corrected chi connectivity index (χ1v) is 5.95. The average molecular weight is 253 g/mol. The van der Waals surface area contributed by atoms with Gasteiger partial charge in [-0.25, -0.2) is 4.98 Å². The van der Waals surface area contributed by atoms with E-state index in [4.69, 9.17) is 10.00 Å². The Labute approximate surface area is 112 Å². The molecule has 0 aliphatic rings. The standard InChI is InChI=1S/C15H15N3O/c1-18(2)14-7-3-5-12(9-14)11-19-15-13(10-16)6-4-8-17-15/h3-9H,11H2,1-2H3. The van der Waals surface area contributed by atoms with Gasteiger partial charge >= 0.3 is 0 Å². The van der Waals surface area contributed by atoms with E-state index in [1.165, 1.54) is 0 Å². The third-order valence-corrected chi connectivity index (χ3v) is 2.69. The molecule has 0 bridgehead atoms. The molecule has 1 aromatic heterocycles. The van der Waals surface area contributed by atoms with Crippen LogP contribution in [-0.2, 0) is 6.61 Å². The van der Waals surface area contributed by atoms with Crippen molar-refractivity contribution in [2.75, 3.05) is 19.0 Å². The predicted molar refractivity (Wildman–Crippen MR) is 74.1 cm³/mol. The Hall–Kier alpha value is -2.54. The van der Waals surface area contributed by atoms with Crippen LogP contribution in [0.5, 0.6) is 5.88 Å². The first-order chi connectivity index (χ1) is 9.20. The molecule has 2 rings (SSSR count). The van der Waals surface area contributed by atoms with E-state index >= 15 is 0 Å². The lowest BCUT2D eigenvalue weighted by molar-refractivity contribution is 0.293. The van der Waals surface area contributed by atoms with E-state index in [1.54, 1.807) is 18.3 Å². The van der Waals surface area contributed by atoms with Gasteiger partial charge in [0.15, 0.2) is 0 Å². The minimum atomic E-state index is 0.375. The molecular weight excluding hydrogens is 238 g/mol. The van der Waals surface area contributed by atoms with Gasteiger partial charge in [-0.05, 0) is 29.8 Å². The van der Waals surface area contributed by atoms with Gasteiger partial charge in [-0.2, -0.15) is 5.26 Å². The van der Waals surface area contributed by atoms with Gasteiger partial charge in [0.25, 0.3) is 0 Å². The summed E-state index contributed by atoms with van der Waals surface area (Å²) in [4.78, 5) is 6.10. The second kappa shape index (κ2) is 5.87. The van der Waals surface area contributed by atoms with E-state index in [0.29, 0.717) is 18.1 Å². The molecular formula is C15H15N3O. The molecule has 0 spiro atoms. The highest BCUT2D eigenvalue weighted by atomic mass is 16.5. The maximum atomic E-state index is 8.96. The molecule has 0 radical (unpaired) electrons. The third kappa shape index (κ3) is 3.23. The summed E-state index contributed by atoms with van der Waals surface area (Å²) in [6.07, 6.45) is 1.62. The minimum absolute atomic E-state index is 0.375. The van der Waals surface area contributed by atoms with Crippen LogP contribution >= 0.6 is 0 Å². The number of pyridine rings is 1. The number of nitrogens with zero attached hydrogens (tertiary/aromatic N) is 3. The lowest BCUT2D eigenvalue weighted by Crippen LogP contribution is -2.09. The molecule has 0 saturated carbocycles. The minimum Gasteiger partial charge on any atom is -0.472 e. The lowest BCUT2D eigenvalue weighted by atomic mass is 10.2. The van der Waals surface area contributed by atoms with Crippen LogP contribution in [-0.4, -0.2) is 19.1 Å². The van der Waals surface area contributed by atoms with Crippen LogP contribution in [0.15, 0.2) is 42.6 Å². The number of ether oxygens (including phenoxy) is 1. The SMILES string of the molecule is CN(C)c1cccc(COc2ncccc2C#N)c1. The van der Waals surface area contributed by atoms with E-state index in [-0.39, 0.29) is 0 Å². The van der Waals surface area contributed by atoms with Crippen molar-refractivity contribution < 1.29 is 4.74 Å². The second-order valence-corrected chi connectivity index (χ2v) is 4.32. The fraction of sp³-hybridized carbons (Fsp3) is 0.200. The van der Waals surface area contributed by atoms with Crippen LogP contribution in [0.2, 0.25) is 0 Å². The quantitative estimate of drug-likeness (QED) is 0.840. The average Bonchev–Trinajstić information content (AvgIpc) is 2.45. The Kier molecular flexibility index (Phi) is 3.99. The van der Waals surface area contributed by atoms with Crippen LogP contribution in [0.25, 0.3) is 0 Å². The van der Waals surface area contributed by atoms with Crippen LogP contribution in [0.4, 0.5) is 5.69 Å². The van der Waals surface area contributed by atoms with Crippen molar-refractivity contribution in [2.45, 2.75) is 6.61 Å². The van der Waals surface area contributed by atoms with Gasteiger partial charge in [0.05, 0.1) is 0 Å². The Morgan fingerprint density at radius 2 is 2.11 bits per heavy atom. The number of hydrogen-bond acceptors (Lipinski definition) is 4. The normalized spacial score (nSPS) is 9.74. The fourth-order valence-corrected chi connectivity index (χ4v) is 1.67. The number of anilines is 1. The zero-order valence-electron chi connectivity index (χ0n) is 11.0. The monoisotopic (exact) mass is 253 g/mol. The summed E-state index contributed by atoms with van der Waals surface area (Å²) < 4.78 is 5.60. The third-order valence-electron chi connectivity index (χ3n) is 2.69. The number of benzene rings is 1. The molecule has 0 N–H and O–H groups in total. The van der Waals surface area contributed by atoms with Crippen LogP contribution in [0.1, 0.15) is 11.1 Å². The molecule has 0 atom stereocenters. The van der Waals surface area contributed by atoms with Crippen molar-refractivity contribution in [3.05, 3.63) is 53.7 Å². The first kappa shape index (κ1) is 12.9. The molecule has 0 unspecified atom stereocenters. The van der Waals surface area contributed by atoms with Crippen molar-refractivity contribution in [3.8, 4) is 11.9 Å². The topological polar surface area (TPSA) is 49.1 Å². The molecule has 0 amide bonds. The molecule has 0 aliphatic carbocycles. The molecule has 19 heavy (non-hydrogen) atoms. The first-order valence-electron chi connectivity index (χ1n) is 5.95. The largest absolute Gasteiger partial charge is 0.472 e. The highest BCUT2D eigenvalue weighted by molar-refractivity contribution is 5.47. The predicted octanol–water partition coefficient (Wildman–Crippen LogP) is 2.60. The summed E-state index contributed by atoms with van der Waals surface area (Å²) in [5.74, 6) is 0.375. The van der Waals surface area contributed by atoms with Gasteiger partial charge in [-0.3, -0.25) is 0 Å². The van der Waals surface area contributed by atoms with E-state index in [2.05, 4.69) is 17.1 Å². The molecule has 4 heteroatoms. The summed E-state index contributed by atoms with van der Waals surface area (Å²) in [6, 6.07) is 13.5. The molecule has 0 fully saturated rings. The molecule has 1 heterocycles. The van der Waals surface area contributed by atoms with Crippen LogP contribution < -0.4 is 9.64 Å². The van der Waals surface area contributed by atoms with Crippen molar-refractivity contribution in [1.29, 1.82) is 5.26 Å². The van der Waals surface area contributed by atoms with Gasteiger partial charge in [0.2, 0.25) is 5.88 Å². The van der Waals surface area contributed by atoms with E-state index in [0.717, 1.165) is 11.3 Å². The van der Waals surface area contributed by atoms with E-state index in [9.17, 15) is 0 Å². The molecule has 4 nitrogen and oxygen atoms in total. The number of rotatable bonds is 4. The van der Waals surface area contributed by atoms with Gasteiger partial charge < -0.3 is 9.64 Å². The van der Waals surface area contributed by atoms with Gasteiger partial charge in [-0.15, -0.1) is 0 Å². The Morgan fingerprint density at radius 3 is 2.84 bits per heavy atom. The lowest BCUT2D eigenvalue weighted by Gasteiger charge is -2.13. The van der Waals surface area contributed by atoms with Crippen molar-refractivity contribution in [2.24, 2.45) is 0 Å². The number of aromatic nitrogens is 1. The number of hydrogen-bond donors (Lipinski definition) is 0. The molecule has 2 aromatic rings. The van der Waals surface area contributed by atoms with E-state index in [1.807, 2.05) is 37.2 Å². The summed E-state index contributed by atoms with van der Waals surface area (Å²) in [6.45, 7) is 0.396. The zero-order valence-corrected chi connectivity index (χ0v) is 11.0. The molecule has 0 saturated heterocycles. The molecule has 0 aliphatic heterocycles. The Balaban J connectivity index is 2.11. The van der Waals surface area contributed by atoms with Crippen LogP contribution in [0.3, 0.4) is 0 Å². The molecule has 1 aromatic carbocycles. The maximum Gasteiger partial charge on any atom is 0.231 e. The Morgan fingerprint density at radius 1 is 1.26 bits per heavy atom. The second-order valence-electron chi connectivity index (χ2n) is 4.32. The Bertz CT molecular complexity index is 602. The van der Waals surface area contributed by atoms with Gasteiger partial charge in [0.1, 0.15) is 18.2 Å². The highest BCUT2D eigenvalue weighted by Crippen LogP contribution is 2.17. The van der Waals surface area contributed by atoms with Crippen molar-refractivity contribution >= 4 is 5.69 Å². The van der Waals surface area contributed by atoms with Crippen LogP contribution in [0, 0.1) is 11.3 Å². The smallest absolute Gasteiger partial charge is 0.231 e. The number of nitriles is 1. The van der Waals surface area contributed by atoms with E-state index < -0.39 is 0 Å². The van der Waals surface area contributed by atoms with Gasteiger partial charge in [-0.1, -0.05) is 12.1 Å². The fourth-order valence-electron chi connectivity index (χ4n) is 1.67. The highest BCUT2D eigenvalue weighted by Gasteiger charge is 2.04. The molecule has 96 valence electrons. The summed E-state index contributed by atoms with van der Waals surface area (Å²) in [7, 11) is 3.99. The van der Waals surface area contributed by atoms with Crippen molar-refractivity contribution in [3.63, 3.8) is 0 Å². The van der Waals surface area contributed by atoms with Crippen molar-refractivity contribution in [1.82, 2.24) is 4.98 Å². The summed E-state index contributed by atoms with van der Waals surface area (Å²) >= 11 is 0. The van der Waals surface area contributed by atoms with Gasteiger partial charge in [0, 0.05) is 26.0 Å².